The predicted molar refractivity (Wildman–Crippen MR) is 130 cm³/mol. The van der Waals surface area contributed by atoms with E-state index in [1.165, 1.54) is 11.8 Å². The monoisotopic (exact) mass is 465 g/mol. The maximum atomic E-state index is 13.3. The number of para-hydroxylation sites is 1. The number of thiophene rings is 1. The highest BCUT2D eigenvalue weighted by molar-refractivity contribution is 7.99. The number of carbonyl (C=O) groups is 1. The van der Waals surface area contributed by atoms with Crippen molar-refractivity contribution < 1.29 is 9.53 Å². The minimum atomic E-state index is -0.165. The van der Waals surface area contributed by atoms with Gasteiger partial charge in [-0.3, -0.25) is 14.2 Å². The molecule has 2 aromatic carbocycles. The van der Waals surface area contributed by atoms with Gasteiger partial charge in [0.15, 0.2) is 5.16 Å². The van der Waals surface area contributed by atoms with Crippen LogP contribution in [0.5, 0.6) is 5.75 Å². The van der Waals surface area contributed by atoms with Crippen LogP contribution < -0.4 is 10.3 Å². The summed E-state index contributed by atoms with van der Waals surface area (Å²) >= 11 is 2.89. The fourth-order valence-corrected chi connectivity index (χ4v) is 4.97. The lowest BCUT2D eigenvalue weighted by molar-refractivity contribution is -0.127. The van der Waals surface area contributed by atoms with Crippen molar-refractivity contribution in [2.75, 3.05) is 19.4 Å². The van der Waals surface area contributed by atoms with Gasteiger partial charge in [-0.25, -0.2) is 4.98 Å². The van der Waals surface area contributed by atoms with E-state index in [9.17, 15) is 9.59 Å². The van der Waals surface area contributed by atoms with Crippen LogP contribution in [0.3, 0.4) is 0 Å². The molecule has 0 unspecified atom stereocenters. The molecule has 2 heterocycles. The molecule has 2 aromatic heterocycles. The van der Waals surface area contributed by atoms with Crippen LogP contribution in [-0.4, -0.2) is 39.8 Å². The average molecular weight is 466 g/mol. The Balaban J connectivity index is 1.64. The molecule has 1 amide bonds. The summed E-state index contributed by atoms with van der Waals surface area (Å²) in [6, 6.07) is 18.6. The zero-order valence-corrected chi connectivity index (χ0v) is 19.5. The molecular weight excluding hydrogens is 442 g/mol. The molecular formula is C24H23N3O3S2. The van der Waals surface area contributed by atoms with Gasteiger partial charge in [-0.15, -0.1) is 11.3 Å². The maximum absolute atomic E-state index is 13.3. The number of fused-ring (bicyclic) bond motifs is 1. The van der Waals surface area contributed by atoms with Gasteiger partial charge >= 0.3 is 0 Å². The van der Waals surface area contributed by atoms with Crippen LogP contribution in [-0.2, 0) is 11.3 Å². The van der Waals surface area contributed by atoms with E-state index in [1.807, 2.05) is 66.9 Å². The van der Waals surface area contributed by atoms with Crippen molar-refractivity contribution in [2.45, 2.75) is 18.6 Å². The Kier molecular flexibility index (Phi) is 6.92. The van der Waals surface area contributed by atoms with Crippen LogP contribution in [0.15, 0.2) is 76.0 Å². The van der Waals surface area contributed by atoms with E-state index in [4.69, 9.17) is 9.72 Å². The maximum Gasteiger partial charge on any atom is 0.266 e. The molecule has 164 valence electrons. The summed E-state index contributed by atoms with van der Waals surface area (Å²) in [5.41, 5.74) is 1.13. The third-order valence-electron chi connectivity index (χ3n) is 4.87. The molecule has 0 aliphatic carbocycles. The fraction of sp³-hybridized carbons (Fsp3) is 0.208. The lowest BCUT2D eigenvalue weighted by Crippen LogP contribution is -2.28. The average Bonchev–Trinajstić information content (AvgIpc) is 3.31. The van der Waals surface area contributed by atoms with Crippen molar-refractivity contribution in [1.82, 2.24) is 14.5 Å². The topological polar surface area (TPSA) is 64.4 Å². The molecule has 0 N–H and O–H groups in total. The zero-order valence-electron chi connectivity index (χ0n) is 17.9. The number of thioether (sulfide) groups is 1. The first-order valence-corrected chi connectivity index (χ1v) is 12.1. The zero-order chi connectivity index (χ0) is 22.5. The third-order valence-corrected chi connectivity index (χ3v) is 6.66. The highest BCUT2D eigenvalue weighted by Gasteiger charge is 2.17. The molecule has 0 saturated carbocycles. The summed E-state index contributed by atoms with van der Waals surface area (Å²) in [5, 5.41) is 3.01. The van der Waals surface area contributed by atoms with E-state index < -0.39 is 0 Å². The molecule has 0 spiro atoms. The Hall–Kier alpha value is -3.10. The lowest BCUT2D eigenvalue weighted by atomic mass is 10.2. The number of amides is 1. The number of benzene rings is 2. The van der Waals surface area contributed by atoms with Gasteiger partial charge < -0.3 is 9.64 Å². The number of nitrogens with zero attached hydrogens (tertiary/aromatic N) is 3. The fourth-order valence-electron chi connectivity index (χ4n) is 3.26. The summed E-state index contributed by atoms with van der Waals surface area (Å²) < 4.78 is 7.08. The largest absolute Gasteiger partial charge is 0.494 e. The Morgan fingerprint density at radius 3 is 2.62 bits per heavy atom. The summed E-state index contributed by atoms with van der Waals surface area (Å²) in [6.07, 6.45) is 0. The molecule has 4 aromatic rings. The molecule has 8 heteroatoms. The van der Waals surface area contributed by atoms with Crippen LogP contribution >= 0.6 is 23.1 Å². The van der Waals surface area contributed by atoms with Gasteiger partial charge in [-0.2, -0.15) is 0 Å². The molecule has 0 aliphatic heterocycles. The number of aromatic nitrogens is 2. The second-order valence-corrected chi connectivity index (χ2v) is 9.07. The molecule has 0 saturated heterocycles. The van der Waals surface area contributed by atoms with Gasteiger partial charge in [0.05, 0.1) is 35.5 Å². The van der Waals surface area contributed by atoms with Crippen molar-refractivity contribution in [3.63, 3.8) is 0 Å². The SMILES string of the molecule is CCOc1ccc(-n2c(SCC(=O)N(C)Cc3cccs3)nc3ccccc3c2=O)cc1. The van der Waals surface area contributed by atoms with Crippen molar-refractivity contribution in [1.29, 1.82) is 0 Å². The van der Waals surface area contributed by atoms with Crippen LogP contribution in [0.1, 0.15) is 11.8 Å². The number of carbonyl (C=O) groups excluding carboxylic acids is 1. The summed E-state index contributed by atoms with van der Waals surface area (Å²) in [4.78, 5) is 33.6. The first-order chi connectivity index (χ1) is 15.6. The van der Waals surface area contributed by atoms with Gasteiger partial charge in [-0.1, -0.05) is 30.0 Å². The summed E-state index contributed by atoms with van der Waals surface area (Å²) in [6.45, 7) is 3.06. The van der Waals surface area contributed by atoms with Crippen LogP contribution in [0.4, 0.5) is 0 Å². The second-order valence-electron chi connectivity index (χ2n) is 7.10. The van der Waals surface area contributed by atoms with Crippen molar-refractivity contribution >= 4 is 39.9 Å². The first kappa shape index (κ1) is 22.1. The lowest BCUT2D eigenvalue weighted by Gasteiger charge is -2.17. The first-order valence-electron chi connectivity index (χ1n) is 10.2. The van der Waals surface area contributed by atoms with Crippen LogP contribution in [0.2, 0.25) is 0 Å². The van der Waals surface area contributed by atoms with Gasteiger partial charge in [0.25, 0.3) is 5.56 Å². The van der Waals surface area contributed by atoms with Crippen LogP contribution in [0.25, 0.3) is 16.6 Å². The predicted octanol–water partition coefficient (Wildman–Crippen LogP) is 4.60. The summed E-state index contributed by atoms with van der Waals surface area (Å²) in [7, 11) is 1.79. The molecule has 0 radical (unpaired) electrons. The van der Waals surface area contributed by atoms with E-state index in [-0.39, 0.29) is 17.2 Å². The number of rotatable bonds is 8. The number of hydrogen-bond donors (Lipinski definition) is 0. The third kappa shape index (κ3) is 4.87. The highest BCUT2D eigenvalue weighted by atomic mass is 32.2. The smallest absolute Gasteiger partial charge is 0.266 e. The minimum absolute atomic E-state index is 0.0240. The standard InChI is InChI=1S/C24H23N3O3S2/c1-3-30-18-12-10-17(11-13-18)27-23(29)20-8-4-5-9-21(20)25-24(27)32-16-22(28)26(2)15-19-7-6-14-31-19/h4-14H,3,15-16H2,1-2H3. The van der Waals surface area contributed by atoms with E-state index in [0.29, 0.717) is 34.9 Å². The van der Waals surface area contributed by atoms with Crippen molar-refractivity contribution in [2.24, 2.45) is 0 Å². The molecule has 4 rings (SSSR count). The molecule has 0 fully saturated rings. The van der Waals surface area contributed by atoms with E-state index in [1.54, 1.807) is 33.9 Å². The normalized spacial score (nSPS) is 10.9. The number of ether oxygens (including phenoxy) is 1. The molecule has 32 heavy (non-hydrogen) atoms. The Morgan fingerprint density at radius 1 is 1.12 bits per heavy atom. The highest BCUT2D eigenvalue weighted by Crippen LogP contribution is 2.23. The molecule has 6 nitrogen and oxygen atoms in total. The van der Waals surface area contributed by atoms with E-state index in [0.717, 1.165) is 10.6 Å². The number of hydrogen-bond acceptors (Lipinski definition) is 6. The Morgan fingerprint density at radius 2 is 1.91 bits per heavy atom. The Bertz CT molecular complexity index is 1270. The molecule has 0 aliphatic rings. The van der Waals surface area contributed by atoms with E-state index in [2.05, 4.69) is 0 Å². The molecule has 0 atom stereocenters. The van der Waals surface area contributed by atoms with Gasteiger partial charge in [0.1, 0.15) is 5.75 Å². The van der Waals surface area contributed by atoms with Crippen molar-refractivity contribution in [3.05, 3.63) is 81.3 Å². The van der Waals surface area contributed by atoms with Gasteiger partial charge in [-0.05, 0) is 54.8 Å². The summed E-state index contributed by atoms with van der Waals surface area (Å²) in [5.74, 6) is 0.894. The van der Waals surface area contributed by atoms with Gasteiger partial charge in [0, 0.05) is 11.9 Å². The van der Waals surface area contributed by atoms with Crippen molar-refractivity contribution in [3.8, 4) is 11.4 Å². The molecule has 0 bridgehead atoms. The quantitative estimate of drug-likeness (QED) is 0.281. The van der Waals surface area contributed by atoms with Crippen LogP contribution in [0, 0.1) is 0 Å². The second kappa shape index (κ2) is 10.0. The van der Waals surface area contributed by atoms with Gasteiger partial charge in [0.2, 0.25) is 5.91 Å². The minimum Gasteiger partial charge on any atom is -0.494 e. The van der Waals surface area contributed by atoms with E-state index >= 15 is 0 Å². The Labute approximate surface area is 194 Å².